The summed E-state index contributed by atoms with van der Waals surface area (Å²) in [7, 11) is 0. The molecule has 1 fully saturated rings. The predicted octanol–water partition coefficient (Wildman–Crippen LogP) is 3.56. The number of benzene rings is 1. The van der Waals surface area contributed by atoms with Crippen molar-refractivity contribution in [1.29, 1.82) is 0 Å². The minimum absolute atomic E-state index is 0.254. The minimum atomic E-state index is -0.254. The number of amides is 1. The Morgan fingerprint density at radius 3 is 2.50 bits per heavy atom. The summed E-state index contributed by atoms with van der Waals surface area (Å²) in [6, 6.07) is 7.90. The van der Waals surface area contributed by atoms with Gasteiger partial charge >= 0.3 is 6.09 Å². The largest absolute Gasteiger partial charge is 0.415 e. The fourth-order valence-corrected chi connectivity index (χ4v) is 2.91. The van der Waals surface area contributed by atoms with E-state index in [1.807, 2.05) is 32.0 Å². The molecule has 1 aromatic rings. The fourth-order valence-electron chi connectivity index (χ4n) is 2.91. The van der Waals surface area contributed by atoms with Gasteiger partial charge in [0.05, 0.1) is 0 Å². The Kier molecular flexibility index (Phi) is 6.72. The van der Waals surface area contributed by atoms with E-state index in [2.05, 4.69) is 11.0 Å². The summed E-state index contributed by atoms with van der Waals surface area (Å²) < 4.78 is 5.60. The molecular weight excluding hydrogens is 276 g/mol. The van der Waals surface area contributed by atoms with Crippen LogP contribution in [0.25, 0.3) is 0 Å². The van der Waals surface area contributed by atoms with Gasteiger partial charge in [0.25, 0.3) is 0 Å². The Balaban J connectivity index is 1.95. The summed E-state index contributed by atoms with van der Waals surface area (Å²) in [5, 5.41) is 0. The molecule has 1 heterocycles. The Morgan fingerprint density at radius 2 is 1.82 bits per heavy atom. The number of rotatable bonds is 6. The van der Waals surface area contributed by atoms with Gasteiger partial charge in [-0.2, -0.15) is 0 Å². The maximum atomic E-state index is 12.1. The zero-order valence-electron chi connectivity index (χ0n) is 13.9. The summed E-state index contributed by atoms with van der Waals surface area (Å²) in [6.45, 7) is 8.71. The molecule has 22 heavy (non-hydrogen) atoms. The van der Waals surface area contributed by atoms with Crippen LogP contribution in [-0.4, -0.2) is 48.6 Å². The summed E-state index contributed by atoms with van der Waals surface area (Å²) in [5.41, 5.74) is 1.12. The number of ether oxygens (including phenoxy) is 1. The van der Waals surface area contributed by atoms with Crippen LogP contribution < -0.4 is 4.74 Å². The van der Waals surface area contributed by atoms with E-state index in [0.29, 0.717) is 18.8 Å². The normalized spacial score (nSPS) is 15.5. The van der Waals surface area contributed by atoms with Gasteiger partial charge in [-0.15, -0.1) is 0 Å². The number of likely N-dealkylation sites (tertiary alicyclic amines) is 1. The van der Waals surface area contributed by atoms with Gasteiger partial charge in [-0.25, -0.2) is 4.79 Å². The van der Waals surface area contributed by atoms with Gasteiger partial charge in [-0.05, 0) is 57.8 Å². The van der Waals surface area contributed by atoms with Gasteiger partial charge in [0, 0.05) is 19.6 Å². The second-order valence-corrected chi connectivity index (χ2v) is 5.80. The van der Waals surface area contributed by atoms with Crippen LogP contribution in [0.5, 0.6) is 5.75 Å². The minimum Gasteiger partial charge on any atom is -0.410 e. The Hall–Kier alpha value is -1.55. The van der Waals surface area contributed by atoms with E-state index in [1.165, 1.54) is 32.4 Å². The highest BCUT2D eigenvalue weighted by Crippen LogP contribution is 2.20. The second-order valence-electron chi connectivity index (χ2n) is 5.80. The highest BCUT2D eigenvalue weighted by Gasteiger charge is 2.15. The molecule has 0 bridgehead atoms. The standard InChI is InChI=1S/C18H28N2O2/c1-3-20(4-2)18(21)22-17-11-7-6-10-16(17)12-15-19-13-8-5-9-14-19/h6-7,10-11H,3-5,8-9,12-15H2,1-2H3. The molecule has 0 aromatic heterocycles. The van der Waals surface area contributed by atoms with Crippen LogP contribution in [0.3, 0.4) is 0 Å². The topological polar surface area (TPSA) is 32.8 Å². The second kappa shape index (κ2) is 8.79. The van der Waals surface area contributed by atoms with Crippen molar-refractivity contribution < 1.29 is 9.53 Å². The Bertz CT molecular complexity index is 466. The number of carbonyl (C=O) groups excluding carboxylic acids is 1. The first-order chi connectivity index (χ1) is 10.7. The van der Waals surface area contributed by atoms with E-state index in [0.717, 1.165) is 18.5 Å². The molecule has 0 aliphatic carbocycles. The van der Waals surface area contributed by atoms with Gasteiger partial charge < -0.3 is 14.5 Å². The molecular formula is C18H28N2O2. The summed E-state index contributed by atoms with van der Waals surface area (Å²) in [4.78, 5) is 16.3. The van der Waals surface area contributed by atoms with Crippen molar-refractivity contribution in [2.24, 2.45) is 0 Å². The average molecular weight is 304 g/mol. The number of carbonyl (C=O) groups is 1. The number of hydrogen-bond donors (Lipinski definition) is 0. The molecule has 1 saturated heterocycles. The van der Waals surface area contributed by atoms with E-state index < -0.39 is 0 Å². The third-order valence-electron chi connectivity index (χ3n) is 4.34. The molecule has 122 valence electrons. The molecule has 4 heteroatoms. The third kappa shape index (κ3) is 4.73. The lowest BCUT2D eigenvalue weighted by Crippen LogP contribution is -2.33. The van der Waals surface area contributed by atoms with Gasteiger partial charge in [-0.3, -0.25) is 0 Å². The molecule has 1 aromatic carbocycles. The van der Waals surface area contributed by atoms with Crippen LogP contribution in [-0.2, 0) is 6.42 Å². The molecule has 1 amide bonds. The van der Waals surface area contributed by atoms with Crippen molar-refractivity contribution in [3.8, 4) is 5.75 Å². The molecule has 0 atom stereocenters. The van der Waals surface area contributed by atoms with Crippen molar-refractivity contribution >= 4 is 6.09 Å². The van der Waals surface area contributed by atoms with Crippen molar-refractivity contribution in [3.05, 3.63) is 29.8 Å². The first kappa shape index (κ1) is 16.8. The van der Waals surface area contributed by atoms with Gasteiger partial charge in [0.1, 0.15) is 5.75 Å². The van der Waals surface area contributed by atoms with E-state index in [4.69, 9.17) is 4.74 Å². The lowest BCUT2D eigenvalue weighted by atomic mass is 10.1. The number of nitrogens with zero attached hydrogens (tertiary/aromatic N) is 2. The predicted molar refractivity (Wildman–Crippen MR) is 89.4 cm³/mol. The third-order valence-corrected chi connectivity index (χ3v) is 4.34. The van der Waals surface area contributed by atoms with Crippen molar-refractivity contribution in [3.63, 3.8) is 0 Å². The highest BCUT2D eigenvalue weighted by atomic mass is 16.6. The summed E-state index contributed by atoms with van der Waals surface area (Å²) >= 11 is 0. The quantitative estimate of drug-likeness (QED) is 0.805. The van der Waals surface area contributed by atoms with Crippen LogP contribution in [0.2, 0.25) is 0 Å². The molecule has 4 nitrogen and oxygen atoms in total. The maximum Gasteiger partial charge on any atom is 0.415 e. The Morgan fingerprint density at radius 1 is 1.14 bits per heavy atom. The average Bonchev–Trinajstić information content (AvgIpc) is 2.56. The van der Waals surface area contributed by atoms with E-state index in [9.17, 15) is 4.79 Å². The van der Waals surface area contributed by atoms with Crippen molar-refractivity contribution in [1.82, 2.24) is 9.80 Å². The van der Waals surface area contributed by atoms with Crippen LogP contribution >= 0.6 is 0 Å². The molecule has 0 saturated carbocycles. The molecule has 1 aliphatic rings. The van der Waals surface area contributed by atoms with Crippen LogP contribution in [0.1, 0.15) is 38.7 Å². The van der Waals surface area contributed by atoms with E-state index in [-0.39, 0.29) is 6.09 Å². The maximum absolute atomic E-state index is 12.1. The fraction of sp³-hybridized carbons (Fsp3) is 0.611. The Labute approximate surface area is 134 Å². The van der Waals surface area contributed by atoms with Crippen molar-refractivity contribution in [2.75, 3.05) is 32.7 Å². The number of piperidine rings is 1. The molecule has 0 radical (unpaired) electrons. The summed E-state index contributed by atoms with van der Waals surface area (Å²) in [5.74, 6) is 0.705. The molecule has 1 aliphatic heterocycles. The lowest BCUT2D eigenvalue weighted by Gasteiger charge is -2.26. The van der Waals surface area contributed by atoms with Gasteiger partial charge in [0.2, 0.25) is 0 Å². The summed E-state index contributed by atoms with van der Waals surface area (Å²) in [6.07, 6.45) is 4.64. The van der Waals surface area contributed by atoms with Crippen LogP contribution in [0, 0.1) is 0 Å². The first-order valence-corrected chi connectivity index (χ1v) is 8.51. The van der Waals surface area contributed by atoms with E-state index in [1.54, 1.807) is 4.90 Å². The van der Waals surface area contributed by atoms with Gasteiger partial charge in [0.15, 0.2) is 0 Å². The van der Waals surface area contributed by atoms with Crippen LogP contribution in [0.15, 0.2) is 24.3 Å². The zero-order valence-corrected chi connectivity index (χ0v) is 13.9. The SMILES string of the molecule is CCN(CC)C(=O)Oc1ccccc1CCN1CCCCC1. The molecule has 2 rings (SSSR count). The molecule has 0 spiro atoms. The molecule has 0 unspecified atom stereocenters. The van der Waals surface area contributed by atoms with Crippen LogP contribution in [0.4, 0.5) is 4.79 Å². The lowest BCUT2D eigenvalue weighted by molar-refractivity contribution is 0.156. The monoisotopic (exact) mass is 304 g/mol. The molecule has 0 N–H and O–H groups in total. The smallest absolute Gasteiger partial charge is 0.410 e. The van der Waals surface area contributed by atoms with Crippen molar-refractivity contribution in [2.45, 2.75) is 39.5 Å². The van der Waals surface area contributed by atoms with E-state index >= 15 is 0 Å². The first-order valence-electron chi connectivity index (χ1n) is 8.51. The number of hydrogen-bond acceptors (Lipinski definition) is 3. The number of para-hydroxylation sites is 1. The highest BCUT2D eigenvalue weighted by molar-refractivity contribution is 5.71. The van der Waals surface area contributed by atoms with Gasteiger partial charge in [-0.1, -0.05) is 24.6 Å². The zero-order chi connectivity index (χ0) is 15.8.